The zero-order valence-corrected chi connectivity index (χ0v) is 7.27. The van der Waals surface area contributed by atoms with E-state index in [2.05, 4.69) is 10.1 Å². The van der Waals surface area contributed by atoms with E-state index in [0.717, 1.165) is 0 Å². The molecule has 6 nitrogen and oxygen atoms in total. The maximum absolute atomic E-state index is 10.7. The highest BCUT2D eigenvalue weighted by Gasteiger charge is 2.06. The lowest BCUT2D eigenvalue weighted by molar-refractivity contribution is 0.0321. The summed E-state index contributed by atoms with van der Waals surface area (Å²) in [5.41, 5.74) is 0. The van der Waals surface area contributed by atoms with Crippen molar-refractivity contribution in [1.82, 2.24) is 5.32 Å². The molecule has 13 heavy (non-hydrogen) atoms. The van der Waals surface area contributed by atoms with Crippen LogP contribution in [-0.4, -0.2) is 53.9 Å². The minimum atomic E-state index is -1.04. The van der Waals surface area contributed by atoms with Crippen LogP contribution in [0.2, 0.25) is 0 Å². The molecule has 78 valence electrons. The second-order valence-corrected chi connectivity index (χ2v) is 2.44. The maximum atomic E-state index is 10.7. The van der Waals surface area contributed by atoms with E-state index in [1.54, 1.807) is 0 Å². The molecule has 0 aromatic rings. The third kappa shape index (κ3) is 7.51. The summed E-state index contributed by atoms with van der Waals surface area (Å²) in [6, 6.07) is 0. The first-order valence-corrected chi connectivity index (χ1v) is 4.01. The van der Waals surface area contributed by atoms with Crippen LogP contribution in [0.25, 0.3) is 0 Å². The summed E-state index contributed by atoms with van der Waals surface area (Å²) < 4.78 is 4.50. The van der Waals surface area contributed by atoms with Gasteiger partial charge in [0.1, 0.15) is 12.7 Å². The first kappa shape index (κ1) is 12.2. The Labute approximate surface area is 76.1 Å². The normalized spacial score (nSPS) is 12.2. The van der Waals surface area contributed by atoms with Gasteiger partial charge in [0.15, 0.2) is 0 Å². The number of aliphatic hydroxyl groups is 3. The molecule has 0 heterocycles. The third-order valence-corrected chi connectivity index (χ3v) is 1.22. The Balaban J connectivity index is 3.30. The molecule has 0 bridgehead atoms. The number of hydrogen-bond acceptors (Lipinski definition) is 5. The summed E-state index contributed by atoms with van der Waals surface area (Å²) in [6.45, 7) is -0.352. The fourth-order valence-electron chi connectivity index (χ4n) is 0.545. The van der Waals surface area contributed by atoms with Crippen molar-refractivity contribution in [2.45, 2.75) is 12.5 Å². The third-order valence-electron chi connectivity index (χ3n) is 1.22. The quantitative estimate of drug-likeness (QED) is 0.383. The second kappa shape index (κ2) is 7.78. The van der Waals surface area contributed by atoms with Gasteiger partial charge in [-0.1, -0.05) is 0 Å². The van der Waals surface area contributed by atoms with Crippen LogP contribution in [0.4, 0.5) is 4.79 Å². The van der Waals surface area contributed by atoms with Crippen LogP contribution in [0.15, 0.2) is 0 Å². The number of nitrogens with one attached hydrogen (secondary N) is 1. The van der Waals surface area contributed by atoms with Crippen LogP contribution >= 0.6 is 0 Å². The Morgan fingerprint density at radius 3 is 2.69 bits per heavy atom. The van der Waals surface area contributed by atoms with Crippen molar-refractivity contribution < 1.29 is 24.9 Å². The minimum absolute atomic E-state index is 0.000451. The number of rotatable bonds is 6. The molecule has 0 saturated heterocycles. The van der Waals surface area contributed by atoms with Crippen LogP contribution in [0.1, 0.15) is 6.42 Å². The largest absolute Gasteiger partial charge is 0.447 e. The Morgan fingerprint density at radius 2 is 2.15 bits per heavy atom. The molecule has 0 aliphatic rings. The summed E-state index contributed by atoms with van der Waals surface area (Å²) in [7, 11) is 0. The van der Waals surface area contributed by atoms with E-state index >= 15 is 0 Å². The second-order valence-electron chi connectivity index (χ2n) is 2.44. The number of amides is 1. The molecule has 4 N–H and O–H groups in total. The summed E-state index contributed by atoms with van der Waals surface area (Å²) in [5.74, 6) is 0. The highest BCUT2D eigenvalue weighted by molar-refractivity contribution is 5.67. The molecule has 6 heteroatoms. The highest BCUT2D eigenvalue weighted by atomic mass is 16.6. The number of carbonyl (C=O) groups is 1. The van der Waals surface area contributed by atoms with E-state index in [-0.39, 0.29) is 13.2 Å². The van der Waals surface area contributed by atoms with Gasteiger partial charge < -0.3 is 25.4 Å². The van der Waals surface area contributed by atoms with Gasteiger partial charge in [-0.05, 0) is 6.42 Å². The smallest absolute Gasteiger partial charge is 0.407 e. The fourth-order valence-corrected chi connectivity index (χ4v) is 0.545. The lowest BCUT2D eigenvalue weighted by Gasteiger charge is -2.08. The van der Waals surface area contributed by atoms with Gasteiger partial charge in [-0.2, -0.15) is 0 Å². The summed E-state index contributed by atoms with van der Waals surface area (Å²) in [4.78, 5) is 10.7. The van der Waals surface area contributed by atoms with Crippen molar-refractivity contribution >= 4 is 6.09 Å². The molecule has 1 atom stereocenters. The highest BCUT2D eigenvalue weighted by Crippen LogP contribution is 1.85. The molecule has 0 spiro atoms. The lowest BCUT2D eigenvalue weighted by Crippen LogP contribution is -2.30. The van der Waals surface area contributed by atoms with E-state index < -0.39 is 18.8 Å². The van der Waals surface area contributed by atoms with Gasteiger partial charge in [0.25, 0.3) is 0 Å². The molecule has 0 fully saturated rings. The van der Waals surface area contributed by atoms with Gasteiger partial charge >= 0.3 is 6.09 Å². The number of aliphatic hydroxyl groups excluding tert-OH is 3. The monoisotopic (exact) mass is 193 g/mol. The van der Waals surface area contributed by atoms with Crippen molar-refractivity contribution in [3.8, 4) is 0 Å². The molecule has 1 amide bonds. The molecular formula is C7H15NO5. The molecule has 0 aromatic carbocycles. The Hall–Kier alpha value is -0.850. The molecular weight excluding hydrogens is 178 g/mol. The topological polar surface area (TPSA) is 99.0 Å². The zero-order valence-electron chi connectivity index (χ0n) is 7.27. The van der Waals surface area contributed by atoms with E-state index in [1.807, 2.05) is 0 Å². The van der Waals surface area contributed by atoms with Crippen molar-refractivity contribution in [1.29, 1.82) is 0 Å². The van der Waals surface area contributed by atoms with Crippen LogP contribution < -0.4 is 5.32 Å². The van der Waals surface area contributed by atoms with Gasteiger partial charge in [-0.15, -0.1) is 0 Å². The standard InChI is InChI=1S/C7H15NO5/c9-3-1-2-8-7(12)13-5-6(11)4-10/h6,9-11H,1-5H2,(H,8,12). The summed E-state index contributed by atoms with van der Waals surface area (Å²) in [6.07, 6.45) is -1.25. The predicted molar refractivity (Wildman–Crippen MR) is 44.1 cm³/mol. The Kier molecular flexibility index (Phi) is 7.27. The molecule has 0 rings (SSSR count). The summed E-state index contributed by atoms with van der Waals surface area (Å²) >= 11 is 0. The molecule has 0 radical (unpaired) electrons. The Morgan fingerprint density at radius 1 is 1.46 bits per heavy atom. The van der Waals surface area contributed by atoms with Crippen molar-refractivity contribution in [3.63, 3.8) is 0 Å². The van der Waals surface area contributed by atoms with Gasteiger partial charge in [0, 0.05) is 13.2 Å². The predicted octanol–water partition coefficient (Wildman–Crippen LogP) is -1.55. The molecule has 0 saturated carbocycles. The van der Waals surface area contributed by atoms with Crippen LogP contribution in [0.5, 0.6) is 0 Å². The van der Waals surface area contributed by atoms with Gasteiger partial charge in [-0.3, -0.25) is 0 Å². The SMILES string of the molecule is O=C(NCCCO)OCC(O)CO. The molecule has 0 aliphatic heterocycles. The lowest BCUT2D eigenvalue weighted by atomic mass is 10.4. The summed E-state index contributed by atoms with van der Waals surface area (Å²) in [5, 5.41) is 27.9. The number of hydrogen-bond donors (Lipinski definition) is 4. The minimum Gasteiger partial charge on any atom is -0.447 e. The van der Waals surface area contributed by atoms with Crippen molar-refractivity contribution in [2.24, 2.45) is 0 Å². The average Bonchev–Trinajstić information content (AvgIpc) is 2.14. The van der Waals surface area contributed by atoms with E-state index in [4.69, 9.17) is 15.3 Å². The van der Waals surface area contributed by atoms with Gasteiger partial charge in [0.05, 0.1) is 6.61 Å². The van der Waals surface area contributed by atoms with Crippen molar-refractivity contribution in [3.05, 3.63) is 0 Å². The van der Waals surface area contributed by atoms with E-state index in [1.165, 1.54) is 0 Å². The van der Waals surface area contributed by atoms with Crippen LogP contribution in [-0.2, 0) is 4.74 Å². The number of alkyl carbamates (subject to hydrolysis) is 1. The number of ether oxygens (including phenoxy) is 1. The molecule has 1 unspecified atom stereocenters. The van der Waals surface area contributed by atoms with Crippen molar-refractivity contribution in [2.75, 3.05) is 26.4 Å². The van der Waals surface area contributed by atoms with Gasteiger partial charge in [-0.25, -0.2) is 4.79 Å². The maximum Gasteiger partial charge on any atom is 0.407 e. The van der Waals surface area contributed by atoms with E-state index in [0.29, 0.717) is 13.0 Å². The first-order chi connectivity index (χ1) is 6.20. The van der Waals surface area contributed by atoms with Crippen LogP contribution in [0.3, 0.4) is 0 Å². The molecule has 0 aliphatic carbocycles. The van der Waals surface area contributed by atoms with Gasteiger partial charge in [0.2, 0.25) is 0 Å². The molecule has 0 aromatic heterocycles. The zero-order chi connectivity index (χ0) is 10.1. The first-order valence-electron chi connectivity index (χ1n) is 4.01. The van der Waals surface area contributed by atoms with Crippen LogP contribution in [0, 0.1) is 0 Å². The Bertz CT molecular complexity index is 141. The van der Waals surface area contributed by atoms with E-state index in [9.17, 15) is 4.79 Å². The fraction of sp³-hybridized carbons (Fsp3) is 0.857. The number of carbonyl (C=O) groups excluding carboxylic acids is 1. The average molecular weight is 193 g/mol.